The van der Waals surface area contributed by atoms with Crippen LogP contribution >= 0.6 is 0 Å². The van der Waals surface area contributed by atoms with E-state index in [1.165, 1.54) is 0 Å². The van der Waals surface area contributed by atoms with Crippen molar-refractivity contribution < 1.29 is 53.3 Å². The van der Waals surface area contributed by atoms with Crippen molar-refractivity contribution >= 4 is 42.7 Å². The molecule has 0 saturated carbocycles. The number of carbonyl (C=O) groups is 4. The molecule has 0 fully saturated rings. The first-order valence-corrected chi connectivity index (χ1v) is 16.0. The Labute approximate surface area is 237 Å². The van der Waals surface area contributed by atoms with Gasteiger partial charge in [-0.3, -0.25) is 0 Å². The van der Waals surface area contributed by atoms with Crippen molar-refractivity contribution in [1.29, 1.82) is 0 Å². The van der Waals surface area contributed by atoms with Crippen molar-refractivity contribution in [2.45, 2.75) is 36.1 Å². The first-order chi connectivity index (χ1) is 19.3. The summed E-state index contributed by atoms with van der Waals surface area (Å²) in [6, 6.07) is 3.60. The second kappa shape index (κ2) is 11.5. The van der Waals surface area contributed by atoms with E-state index in [1.54, 1.807) is 48.6 Å². The van der Waals surface area contributed by atoms with Crippen LogP contribution in [0.3, 0.4) is 0 Å². The number of hydrogen-bond acceptors (Lipinski definition) is 4. The summed E-state index contributed by atoms with van der Waals surface area (Å²) in [5.41, 5.74) is -1.11. The first-order valence-electron chi connectivity index (χ1n) is 12.6. The van der Waals surface area contributed by atoms with E-state index in [4.69, 9.17) is 0 Å². The van der Waals surface area contributed by atoms with Crippen LogP contribution in [0, 0.1) is 23.3 Å². The molecule has 6 nitrogen and oxygen atoms in total. The Balaban J connectivity index is 2.23. The molecule has 4 rings (SSSR count). The van der Waals surface area contributed by atoms with Gasteiger partial charge in [0.1, 0.15) is 0 Å². The third-order valence-electron chi connectivity index (χ3n) is 7.26. The van der Waals surface area contributed by atoms with Gasteiger partial charge in [0.2, 0.25) is 0 Å². The van der Waals surface area contributed by atoms with Crippen LogP contribution in [-0.4, -0.2) is 23.6 Å². The fraction of sp³-hybridized carbons (Fsp3) is 0.200. The number of allylic oxidation sites excluding steroid dienone is 8. The number of imide groups is 2. The van der Waals surface area contributed by atoms with Crippen molar-refractivity contribution in [1.82, 2.24) is 0 Å². The van der Waals surface area contributed by atoms with Crippen LogP contribution in [-0.2, 0) is 35.8 Å². The zero-order chi connectivity index (χ0) is 30.2. The summed E-state index contributed by atoms with van der Waals surface area (Å²) >= 11 is -5.29. The minimum absolute atomic E-state index is 0.530. The Morgan fingerprint density at radius 1 is 0.561 bits per heavy atom. The van der Waals surface area contributed by atoms with Crippen LogP contribution in [0.4, 0.5) is 28.9 Å². The molecule has 0 aliphatic heterocycles. The van der Waals surface area contributed by atoms with Crippen molar-refractivity contribution in [3.8, 4) is 0 Å². The van der Waals surface area contributed by atoms with Gasteiger partial charge in [-0.15, -0.1) is 0 Å². The van der Waals surface area contributed by atoms with Gasteiger partial charge in [-0.25, -0.2) is 0 Å². The van der Waals surface area contributed by atoms with Crippen LogP contribution in [0.1, 0.15) is 27.7 Å². The Morgan fingerprint density at radius 2 is 0.854 bits per heavy atom. The summed E-state index contributed by atoms with van der Waals surface area (Å²) in [5.74, 6) is -8.18. The Hall–Kier alpha value is -3.89. The number of anilines is 2. The maximum atomic E-state index is 16.8. The molecule has 0 radical (unpaired) electrons. The Bertz CT molecular complexity index is 1430. The predicted molar refractivity (Wildman–Crippen MR) is 144 cm³/mol. The third-order valence-corrected chi connectivity index (χ3v) is 15.8. The summed E-state index contributed by atoms with van der Waals surface area (Å²) in [5, 5.41) is 0. The van der Waals surface area contributed by atoms with Gasteiger partial charge in [-0.1, -0.05) is 0 Å². The minimum atomic E-state index is -5.29. The van der Waals surface area contributed by atoms with Gasteiger partial charge in [-0.2, -0.15) is 0 Å². The molecule has 2 aliphatic rings. The predicted octanol–water partition coefficient (Wildman–Crippen LogP) is 4.98. The number of rotatable bonds is 6. The van der Waals surface area contributed by atoms with Gasteiger partial charge >= 0.3 is 238 Å². The van der Waals surface area contributed by atoms with E-state index >= 15 is 17.6 Å². The van der Waals surface area contributed by atoms with Crippen LogP contribution in [0.25, 0.3) is 0 Å². The number of amides is 4. The molecule has 0 heterocycles. The third kappa shape index (κ3) is 4.95. The standard InChI is InChI=1S/2C10H8F2NO2.2C5H5.Ti/c2*1-6(14)13(7(2)15)10-4-3-8(11)5-9(10)12;2*1-2-4-5-3-1;/h2*3-4H,1-2H3;2*1-5H;. The van der Waals surface area contributed by atoms with Crippen molar-refractivity contribution in [2.75, 3.05) is 9.80 Å². The van der Waals surface area contributed by atoms with E-state index in [0.717, 1.165) is 52.0 Å². The van der Waals surface area contributed by atoms with E-state index in [-0.39, 0.29) is 0 Å². The maximum absolute atomic E-state index is 16.8. The van der Waals surface area contributed by atoms with E-state index in [9.17, 15) is 19.2 Å². The molecule has 212 valence electrons. The number of benzene rings is 2. The zero-order valence-corrected chi connectivity index (χ0v) is 24.2. The molecule has 41 heavy (non-hydrogen) atoms. The van der Waals surface area contributed by atoms with Crippen LogP contribution in [0.2, 0.25) is 8.45 Å². The molecule has 0 unspecified atom stereocenters. The van der Waals surface area contributed by atoms with E-state index in [0.29, 0.717) is 9.80 Å². The molecule has 0 spiro atoms. The van der Waals surface area contributed by atoms with Crippen molar-refractivity contribution in [3.63, 3.8) is 0 Å². The van der Waals surface area contributed by atoms with E-state index < -0.39 is 91.0 Å². The topological polar surface area (TPSA) is 74.8 Å². The van der Waals surface area contributed by atoms with Crippen LogP contribution in [0.5, 0.6) is 0 Å². The number of nitrogens with zero attached hydrogens (tertiary/aromatic N) is 2. The number of hydrogen-bond donors (Lipinski definition) is 0. The molecule has 2 aromatic carbocycles. The molecular weight excluding hydrogens is 576 g/mol. The zero-order valence-electron chi connectivity index (χ0n) is 22.6. The van der Waals surface area contributed by atoms with Gasteiger partial charge in [0, 0.05) is 0 Å². The van der Waals surface area contributed by atoms with Crippen molar-refractivity contribution in [2.24, 2.45) is 0 Å². The molecule has 0 bridgehead atoms. The Kier molecular flexibility index (Phi) is 8.47. The molecule has 0 aromatic heterocycles. The summed E-state index contributed by atoms with van der Waals surface area (Å²) in [4.78, 5) is 50.5. The average molecular weight is 602 g/mol. The first kappa shape index (κ1) is 30.1. The fourth-order valence-electron chi connectivity index (χ4n) is 5.79. The average Bonchev–Trinajstić information content (AvgIpc) is 3.60. The van der Waals surface area contributed by atoms with E-state index in [1.807, 2.05) is 0 Å². The Morgan fingerprint density at radius 3 is 1.12 bits per heavy atom. The van der Waals surface area contributed by atoms with Gasteiger partial charge in [0.05, 0.1) is 0 Å². The monoisotopic (exact) mass is 602 g/mol. The molecule has 2 aromatic rings. The molecule has 4 amide bonds. The van der Waals surface area contributed by atoms with Gasteiger partial charge in [-0.05, 0) is 0 Å². The van der Waals surface area contributed by atoms with Gasteiger partial charge in [0.15, 0.2) is 0 Å². The van der Waals surface area contributed by atoms with Crippen LogP contribution in [0.15, 0.2) is 72.9 Å². The van der Waals surface area contributed by atoms with Crippen molar-refractivity contribution in [3.05, 3.63) is 96.1 Å². The SMILES string of the molecule is CC(=O)N(C(C)=O)c1ccc(F)[c]([Ti]([c]2c(F)ccc(N(C(C)=O)C(C)=O)c2F)([CH]2C=CC=C2)[CH]2C=CC=C2)c1F. The second-order valence-corrected chi connectivity index (χ2v) is 16.1. The summed E-state index contributed by atoms with van der Waals surface area (Å²) in [6.45, 7) is 4.13. The number of carbonyl (C=O) groups excluding carboxylic acids is 4. The number of halogens is 4. The van der Waals surface area contributed by atoms with Gasteiger partial charge in [0.25, 0.3) is 0 Å². The summed E-state index contributed by atoms with van der Waals surface area (Å²) < 4.78 is 62.8. The van der Waals surface area contributed by atoms with E-state index in [2.05, 4.69) is 0 Å². The summed E-state index contributed by atoms with van der Waals surface area (Å²) in [7, 11) is 0. The fourth-order valence-corrected chi connectivity index (χ4v) is 14.6. The molecule has 0 atom stereocenters. The summed E-state index contributed by atoms with van der Waals surface area (Å²) in [6.07, 6.45) is 12.8. The molecule has 2 aliphatic carbocycles. The molecule has 11 heteroatoms. The van der Waals surface area contributed by atoms with Crippen LogP contribution < -0.4 is 17.5 Å². The second-order valence-electron chi connectivity index (χ2n) is 9.72. The molecule has 0 N–H and O–H groups in total. The van der Waals surface area contributed by atoms with Gasteiger partial charge < -0.3 is 0 Å². The molecule has 0 saturated heterocycles. The normalized spacial score (nSPS) is 14.6. The molecular formula is C30H26F4N2O4Ti. The quantitative estimate of drug-likeness (QED) is 0.346.